The summed E-state index contributed by atoms with van der Waals surface area (Å²) in [6.45, 7) is 2.59. The molecule has 0 saturated carbocycles. The van der Waals surface area contributed by atoms with E-state index in [9.17, 15) is 9.59 Å². The van der Waals surface area contributed by atoms with E-state index in [0.717, 1.165) is 16.7 Å². The lowest BCUT2D eigenvalue weighted by Gasteiger charge is -2.31. The van der Waals surface area contributed by atoms with Crippen LogP contribution in [-0.4, -0.2) is 31.1 Å². The van der Waals surface area contributed by atoms with E-state index >= 15 is 0 Å². The molecule has 0 aliphatic carbocycles. The highest BCUT2D eigenvalue weighted by Crippen LogP contribution is 2.35. The Morgan fingerprint density at radius 2 is 1.33 bits per heavy atom. The fourth-order valence-electron chi connectivity index (χ4n) is 4.69. The average Bonchev–Trinajstić information content (AvgIpc) is 3.00. The SMILES string of the molecule is C[C@@H](C(=O)OC(c1ccccc1)c1ccccc1)N(C(=O)CCc1ccccc1)c1ccc2c(c1)OCCO2. The van der Waals surface area contributed by atoms with E-state index in [4.69, 9.17) is 14.2 Å². The van der Waals surface area contributed by atoms with Gasteiger partial charge >= 0.3 is 5.97 Å². The van der Waals surface area contributed by atoms with Crippen molar-refractivity contribution < 1.29 is 23.8 Å². The van der Waals surface area contributed by atoms with Crippen LogP contribution in [0.1, 0.15) is 36.1 Å². The minimum Gasteiger partial charge on any atom is -0.486 e. The van der Waals surface area contributed by atoms with Crippen molar-refractivity contribution in [2.45, 2.75) is 31.9 Å². The van der Waals surface area contributed by atoms with Gasteiger partial charge in [0.05, 0.1) is 0 Å². The summed E-state index contributed by atoms with van der Waals surface area (Å²) < 4.78 is 17.6. The fraction of sp³-hybridized carbons (Fsp3) is 0.212. The van der Waals surface area contributed by atoms with Gasteiger partial charge in [-0.3, -0.25) is 9.69 Å². The Morgan fingerprint density at radius 1 is 0.769 bits per heavy atom. The third kappa shape index (κ3) is 6.29. The van der Waals surface area contributed by atoms with Crippen LogP contribution in [0, 0.1) is 0 Å². The number of rotatable bonds is 9. The van der Waals surface area contributed by atoms with Crippen LogP contribution in [0.4, 0.5) is 5.69 Å². The van der Waals surface area contributed by atoms with Gasteiger partial charge in [-0.2, -0.15) is 0 Å². The van der Waals surface area contributed by atoms with Gasteiger partial charge in [-0.15, -0.1) is 0 Å². The number of hydrogen-bond donors (Lipinski definition) is 0. The lowest BCUT2D eigenvalue weighted by Crippen LogP contribution is -2.45. The van der Waals surface area contributed by atoms with Crippen molar-refractivity contribution in [3.05, 3.63) is 126 Å². The molecule has 0 fully saturated rings. The van der Waals surface area contributed by atoms with Gasteiger partial charge in [0, 0.05) is 18.2 Å². The molecule has 5 rings (SSSR count). The van der Waals surface area contributed by atoms with Crippen molar-refractivity contribution >= 4 is 17.6 Å². The second-order valence-corrected chi connectivity index (χ2v) is 9.39. The van der Waals surface area contributed by atoms with E-state index in [0.29, 0.717) is 36.8 Å². The van der Waals surface area contributed by atoms with Crippen molar-refractivity contribution in [3.63, 3.8) is 0 Å². The molecule has 0 radical (unpaired) electrons. The number of benzene rings is 4. The van der Waals surface area contributed by atoms with Crippen molar-refractivity contribution in [1.29, 1.82) is 0 Å². The first-order valence-corrected chi connectivity index (χ1v) is 13.2. The quantitative estimate of drug-likeness (QED) is 0.247. The summed E-state index contributed by atoms with van der Waals surface area (Å²) >= 11 is 0. The van der Waals surface area contributed by atoms with Gasteiger partial charge in [-0.1, -0.05) is 91.0 Å². The highest BCUT2D eigenvalue weighted by Gasteiger charge is 2.32. The first kappa shape index (κ1) is 26.0. The molecule has 0 N–H and O–H groups in total. The molecule has 6 nitrogen and oxygen atoms in total. The molecule has 1 aliphatic heterocycles. The molecule has 1 atom stereocenters. The van der Waals surface area contributed by atoms with Gasteiger partial charge in [0.15, 0.2) is 17.6 Å². The molecule has 1 heterocycles. The van der Waals surface area contributed by atoms with Gasteiger partial charge < -0.3 is 14.2 Å². The van der Waals surface area contributed by atoms with E-state index < -0.39 is 18.1 Å². The third-order valence-corrected chi connectivity index (χ3v) is 6.71. The number of esters is 1. The number of amides is 1. The van der Waals surface area contributed by atoms with E-state index in [-0.39, 0.29) is 12.3 Å². The van der Waals surface area contributed by atoms with Crippen LogP contribution >= 0.6 is 0 Å². The maximum absolute atomic E-state index is 13.7. The number of fused-ring (bicyclic) bond motifs is 1. The maximum atomic E-state index is 13.7. The van der Waals surface area contributed by atoms with Crippen LogP contribution in [0.2, 0.25) is 0 Å². The molecular formula is C33H31NO5. The molecule has 4 aromatic rings. The van der Waals surface area contributed by atoms with Gasteiger partial charge in [0.1, 0.15) is 19.3 Å². The van der Waals surface area contributed by atoms with E-state index in [1.807, 2.05) is 91.0 Å². The number of ether oxygens (including phenoxy) is 3. The predicted octanol–water partition coefficient (Wildman–Crippen LogP) is 6.14. The Kier molecular flexibility index (Phi) is 8.22. The zero-order valence-electron chi connectivity index (χ0n) is 21.9. The zero-order valence-corrected chi connectivity index (χ0v) is 21.9. The molecule has 1 amide bonds. The van der Waals surface area contributed by atoms with Crippen molar-refractivity contribution in [2.75, 3.05) is 18.1 Å². The highest BCUT2D eigenvalue weighted by atomic mass is 16.6. The molecule has 39 heavy (non-hydrogen) atoms. The van der Waals surface area contributed by atoms with Crippen LogP contribution in [0.15, 0.2) is 109 Å². The number of carbonyl (C=O) groups is 2. The Balaban J connectivity index is 1.43. The zero-order chi connectivity index (χ0) is 27.0. The first-order valence-electron chi connectivity index (χ1n) is 13.2. The average molecular weight is 522 g/mol. The molecule has 0 aromatic heterocycles. The van der Waals surface area contributed by atoms with Crippen LogP contribution in [-0.2, 0) is 20.7 Å². The number of hydrogen-bond acceptors (Lipinski definition) is 5. The molecule has 198 valence electrons. The summed E-state index contributed by atoms with van der Waals surface area (Å²) in [5.41, 5.74) is 3.31. The lowest BCUT2D eigenvalue weighted by molar-refractivity contribution is -0.149. The van der Waals surface area contributed by atoms with Crippen molar-refractivity contribution in [3.8, 4) is 11.5 Å². The normalized spacial score (nSPS) is 13.0. The minimum absolute atomic E-state index is 0.184. The number of anilines is 1. The summed E-state index contributed by atoms with van der Waals surface area (Å²) in [5, 5.41) is 0. The lowest BCUT2D eigenvalue weighted by atomic mass is 10.0. The Labute approximate surface area is 228 Å². The topological polar surface area (TPSA) is 65.1 Å². The van der Waals surface area contributed by atoms with E-state index in [2.05, 4.69) is 0 Å². The van der Waals surface area contributed by atoms with Crippen LogP contribution in [0.25, 0.3) is 0 Å². The minimum atomic E-state index is -0.884. The highest BCUT2D eigenvalue weighted by molar-refractivity contribution is 5.99. The maximum Gasteiger partial charge on any atom is 0.329 e. The Hall–Kier alpha value is -4.58. The predicted molar refractivity (Wildman–Crippen MR) is 150 cm³/mol. The standard InChI is InChI=1S/C33H31NO5/c1-24(33(36)39-32(26-13-7-3-8-14-26)27-15-9-4-10-16-27)34(31(35)20-17-25-11-5-2-6-12-25)28-18-19-29-30(23-28)38-22-21-37-29/h2-16,18-19,23-24,32H,17,20-22H2,1H3/t24-/m0/s1. The van der Waals surface area contributed by atoms with Gasteiger partial charge in [0.25, 0.3) is 0 Å². The van der Waals surface area contributed by atoms with E-state index in [1.165, 1.54) is 4.90 Å². The van der Waals surface area contributed by atoms with E-state index in [1.54, 1.807) is 25.1 Å². The van der Waals surface area contributed by atoms with Gasteiger partial charge in [-0.05, 0) is 42.2 Å². The van der Waals surface area contributed by atoms with Gasteiger partial charge in [0.2, 0.25) is 5.91 Å². The Morgan fingerprint density at radius 3 is 1.95 bits per heavy atom. The summed E-state index contributed by atoms with van der Waals surface area (Å²) in [7, 11) is 0. The number of aryl methyl sites for hydroxylation is 1. The first-order chi connectivity index (χ1) is 19.1. The fourth-order valence-corrected chi connectivity index (χ4v) is 4.69. The van der Waals surface area contributed by atoms with Crippen LogP contribution in [0.3, 0.4) is 0 Å². The van der Waals surface area contributed by atoms with Crippen molar-refractivity contribution in [2.24, 2.45) is 0 Å². The molecule has 0 saturated heterocycles. The molecule has 6 heteroatoms. The summed E-state index contributed by atoms with van der Waals surface area (Å²) in [6.07, 6.45) is 0.180. The largest absolute Gasteiger partial charge is 0.486 e. The molecule has 0 bridgehead atoms. The number of nitrogens with zero attached hydrogens (tertiary/aromatic N) is 1. The van der Waals surface area contributed by atoms with Crippen LogP contribution < -0.4 is 14.4 Å². The number of carbonyl (C=O) groups excluding carboxylic acids is 2. The summed E-state index contributed by atoms with van der Waals surface area (Å²) in [4.78, 5) is 28.9. The molecule has 4 aromatic carbocycles. The Bertz CT molecular complexity index is 1350. The third-order valence-electron chi connectivity index (χ3n) is 6.71. The van der Waals surface area contributed by atoms with Crippen molar-refractivity contribution in [1.82, 2.24) is 0 Å². The second-order valence-electron chi connectivity index (χ2n) is 9.39. The molecular weight excluding hydrogens is 490 g/mol. The second kappa shape index (κ2) is 12.3. The van der Waals surface area contributed by atoms with Crippen LogP contribution in [0.5, 0.6) is 11.5 Å². The smallest absolute Gasteiger partial charge is 0.329 e. The molecule has 0 spiro atoms. The summed E-state index contributed by atoms with van der Waals surface area (Å²) in [6, 6.07) is 33.5. The summed E-state index contributed by atoms with van der Waals surface area (Å²) in [5.74, 6) is 0.475. The molecule has 0 unspecified atom stereocenters. The van der Waals surface area contributed by atoms with Gasteiger partial charge in [-0.25, -0.2) is 4.79 Å². The monoisotopic (exact) mass is 521 g/mol. The molecule has 1 aliphatic rings.